The van der Waals surface area contributed by atoms with Crippen LogP contribution in [-0.4, -0.2) is 18.6 Å². The standard InChI is InChI=1S/C17H20O4S/c1-9-7-15(19)17(13(5)12(9)4)22(20,21)16-8-14(18)10(2)6-11(16)3/h6-8,18-19H,1-5H3. The van der Waals surface area contributed by atoms with Gasteiger partial charge in [-0.25, -0.2) is 8.42 Å². The van der Waals surface area contributed by atoms with E-state index in [9.17, 15) is 18.6 Å². The van der Waals surface area contributed by atoms with Gasteiger partial charge < -0.3 is 10.2 Å². The van der Waals surface area contributed by atoms with Crippen molar-refractivity contribution < 1.29 is 18.6 Å². The molecule has 0 aliphatic heterocycles. The summed E-state index contributed by atoms with van der Waals surface area (Å²) < 4.78 is 25.9. The van der Waals surface area contributed by atoms with Gasteiger partial charge in [-0.05, 0) is 74.6 Å². The van der Waals surface area contributed by atoms with Gasteiger partial charge in [-0.2, -0.15) is 0 Å². The minimum absolute atomic E-state index is 0.0113. The third-order valence-corrected chi connectivity index (χ3v) is 6.20. The monoisotopic (exact) mass is 320 g/mol. The van der Waals surface area contributed by atoms with E-state index in [2.05, 4.69) is 0 Å². The highest BCUT2D eigenvalue weighted by atomic mass is 32.2. The molecule has 0 amide bonds. The van der Waals surface area contributed by atoms with Crippen LogP contribution in [0.3, 0.4) is 0 Å². The van der Waals surface area contributed by atoms with E-state index in [1.54, 1.807) is 26.8 Å². The number of rotatable bonds is 2. The molecule has 0 saturated heterocycles. The SMILES string of the molecule is Cc1cc(C)c(S(=O)(=O)c2c(O)cc(C)c(C)c2C)cc1O. The molecule has 22 heavy (non-hydrogen) atoms. The normalized spacial score (nSPS) is 11.7. The molecular formula is C17H20O4S. The molecule has 0 bridgehead atoms. The minimum Gasteiger partial charge on any atom is -0.508 e. The van der Waals surface area contributed by atoms with Crippen LogP contribution in [0.5, 0.6) is 11.5 Å². The Bertz CT molecular complexity index is 865. The van der Waals surface area contributed by atoms with E-state index in [0.717, 1.165) is 11.1 Å². The topological polar surface area (TPSA) is 74.6 Å². The second-order valence-corrected chi connectivity index (χ2v) is 7.55. The zero-order valence-corrected chi connectivity index (χ0v) is 14.2. The van der Waals surface area contributed by atoms with E-state index in [-0.39, 0.29) is 21.3 Å². The maximum atomic E-state index is 13.0. The van der Waals surface area contributed by atoms with Crippen LogP contribution in [0.4, 0.5) is 0 Å². The fourth-order valence-electron chi connectivity index (χ4n) is 2.60. The van der Waals surface area contributed by atoms with E-state index < -0.39 is 9.84 Å². The summed E-state index contributed by atoms with van der Waals surface area (Å²) in [5, 5.41) is 20.0. The molecular weight excluding hydrogens is 300 g/mol. The Morgan fingerprint density at radius 3 is 1.91 bits per heavy atom. The number of aryl methyl sites for hydroxylation is 3. The average Bonchev–Trinajstić information content (AvgIpc) is 2.39. The Morgan fingerprint density at radius 1 is 0.727 bits per heavy atom. The molecule has 2 aromatic carbocycles. The highest BCUT2D eigenvalue weighted by Gasteiger charge is 2.27. The summed E-state index contributed by atoms with van der Waals surface area (Å²) in [6.45, 7) is 8.70. The van der Waals surface area contributed by atoms with Crippen LogP contribution in [0.25, 0.3) is 0 Å². The first kappa shape index (κ1) is 16.4. The Hall–Kier alpha value is -2.01. The third kappa shape index (κ3) is 2.46. The van der Waals surface area contributed by atoms with Gasteiger partial charge in [0.05, 0.1) is 4.90 Å². The molecule has 0 saturated carbocycles. The highest BCUT2D eigenvalue weighted by Crippen LogP contribution is 2.37. The largest absolute Gasteiger partial charge is 0.508 e. The van der Waals surface area contributed by atoms with E-state index in [0.29, 0.717) is 16.7 Å². The quantitative estimate of drug-likeness (QED) is 0.888. The summed E-state index contributed by atoms with van der Waals surface area (Å²) >= 11 is 0. The van der Waals surface area contributed by atoms with Gasteiger partial charge in [0.15, 0.2) is 0 Å². The number of aromatic hydroxyl groups is 2. The smallest absolute Gasteiger partial charge is 0.210 e. The first-order valence-corrected chi connectivity index (χ1v) is 8.40. The summed E-state index contributed by atoms with van der Waals surface area (Å²) in [6, 6.07) is 4.32. The van der Waals surface area contributed by atoms with Crippen molar-refractivity contribution in [1.29, 1.82) is 0 Å². The molecule has 0 fully saturated rings. The molecule has 4 nitrogen and oxygen atoms in total. The summed E-state index contributed by atoms with van der Waals surface area (Å²) in [7, 11) is -3.92. The molecule has 0 aliphatic carbocycles. The zero-order chi connectivity index (χ0) is 16.8. The second kappa shape index (κ2) is 5.32. The van der Waals surface area contributed by atoms with Gasteiger partial charge in [-0.1, -0.05) is 6.07 Å². The lowest BCUT2D eigenvalue weighted by Crippen LogP contribution is -2.08. The molecule has 0 aliphatic rings. The van der Waals surface area contributed by atoms with Crippen molar-refractivity contribution in [3.63, 3.8) is 0 Å². The third-order valence-electron chi connectivity index (χ3n) is 4.13. The van der Waals surface area contributed by atoms with Gasteiger partial charge in [0.2, 0.25) is 9.84 Å². The molecule has 0 heterocycles. The van der Waals surface area contributed by atoms with E-state index in [4.69, 9.17) is 0 Å². The summed E-state index contributed by atoms with van der Waals surface area (Å²) in [5.74, 6) is -0.342. The average molecular weight is 320 g/mol. The van der Waals surface area contributed by atoms with Crippen LogP contribution in [-0.2, 0) is 9.84 Å². The predicted octanol–water partition coefficient (Wildman–Crippen LogP) is 3.47. The Labute approximate surface area is 131 Å². The molecule has 0 spiro atoms. The molecule has 0 radical (unpaired) electrons. The summed E-state index contributed by atoms with van der Waals surface area (Å²) in [6.07, 6.45) is 0. The van der Waals surface area contributed by atoms with Gasteiger partial charge in [0, 0.05) is 0 Å². The van der Waals surface area contributed by atoms with Crippen molar-refractivity contribution >= 4 is 9.84 Å². The predicted molar refractivity (Wildman–Crippen MR) is 85.4 cm³/mol. The molecule has 0 atom stereocenters. The van der Waals surface area contributed by atoms with Crippen LogP contribution >= 0.6 is 0 Å². The number of benzene rings is 2. The van der Waals surface area contributed by atoms with Crippen LogP contribution < -0.4 is 0 Å². The van der Waals surface area contributed by atoms with Crippen molar-refractivity contribution in [2.24, 2.45) is 0 Å². The number of sulfone groups is 1. The van der Waals surface area contributed by atoms with Gasteiger partial charge in [-0.15, -0.1) is 0 Å². The number of hydrogen-bond acceptors (Lipinski definition) is 4. The van der Waals surface area contributed by atoms with E-state index in [1.165, 1.54) is 12.1 Å². The van der Waals surface area contributed by atoms with Crippen LogP contribution in [0, 0.1) is 34.6 Å². The Kier molecular flexibility index (Phi) is 3.96. The lowest BCUT2D eigenvalue weighted by molar-refractivity contribution is 0.456. The van der Waals surface area contributed by atoms with Gasteiger partial charge >= 0.3 is 0 Å². The fraction of sp³-hybridized carbons (Fsp3) is 0.294. The van der Waals surface area contributed by atoms with Crippen molar-refractivity contribution in [1.82, 2.24) is 0 Å². The van der Waals surface area contributed by atoms with Crippen LogP contribution in [0.2, 0.25) is 0 Å². The molecule has 0 aromatic heterocycles. The Balaban J connectivity index is 2.83. The van der Waals surface area contributed by atoms with Gasteiger partial charge in [-0.3, -0.25) is 0 Å². The molecule has 118 valence electrons. The zero-order valence-electron chi connectivity index (χ0n) is 13.4. The first-order valence-electron chi connectivity index (χ1n) is 6.92. The number of phenols is 2. The molecule has 5 heteroatoms. The second-order valence-electron chi connectivity index (χ2n) is 5.70. The maximum Gasteiger partial charge on any atom is 0.210 e. The Morgan fingerprint density at radius 2 is 1.32 bits per heavy atom. The lowest BCUT2D eigenvalue weighted by atomic mass is 10.0. The van der Waals surface area contributed by atoms with Crippen LogP contribution in [0.1, 0.15) is 27.8 Å². The van der Waals surface area contributed by atoms with E-state index >= 15 is 0 Å². The van der Waals surface area contributed by atoms with Crippen molar-refractivity contribution in [2.45, 2.75) is 44.4 Å². The fourth-order valence-corrected chi connectivity index (χ4v) is 4.46. The van der Waals surface area contributed by atoms with E-state index in [1.807, 2.05) is 13.8 Å². The lowest BCUT2D eigenvalue weighted by Gasteiger charge is -2.16. The van der Waals surface area contributed by atoms with Crippen molar-refractivity contribution in [3.05, 3.63) is 46.0 Å². The molecule has 2 N–H and O–H groups in total. The van der Waals surface area contributed by atoms with Crippen molar-refractivity contribution in [2.75, 3.05) is 0 Å². The maximum absolute atomic E-state index is 13.0. The summed E-state index contributed by atoms with van der Waals surface area (Å²) in [4.78, 5) is -0.0841. The molecule has 2 rings (SSSR count). The van der Waals surface area contributed by atoms with Gasteiger partial charge in [0.1, 0.15) is 16.4 Å². The molecule has 2 aromatic rings. The van der Waals surface area contributed by atoms with Gasteiger partial charge in [0.25, 0.3) is 0 Å². The minimum atomic E-state index is -3.92. The molecule has 0 unspecified atom stereocenters. The summed E-state index contributed by atoms with van der Waals surface area (Å²) in [5.41, 5.74) is 3.32. The van der Waals surface area contributed by atoms with Crippen LogP contribution in [0.15, 0.2) is 28.0 Å². The first-order chi connectivity index (χ1) is 10.1. The number of phenolic OH excluding ortho intramolecular Hbond substituents is 2. The highest BCUT2D eigenvalue weighted by molar-refractivity contribution is 7.91. The van der Waals surface area contributed by atoms with Crippen molar-refractivity contribution in [3.8, 4) is 11.5 Å². The number of hydrogen-bond donors (Lipinski definition) is 2.